The summed E-state index contributed by atoms with van der Waals surface area (Å²) in [5.41, 5.74) is 0.166. The first-order chi connectivity index (χ1) is 10.0. The molecule has 5 heteroatoms. The molecule has 1 atom stereocenters. The average molecular weight is 344 g/mol. The SMILES string of the molecule is CC(C)(CCCO)CNC(c1cccs1)c1ccc(Cl)s1. The lowest BCUT2D eigenvalue weighted by Crippen LogP contribution is -2.32. The maximum absolute atomic E-state index is 9.01. The molecule has 2 rings (SSSR count). The van der Waals surface area contributed by atoms with Gasteiger partial charge in [-0.3, -0.25) is 0 Å². The number of thiophene rings is 2. The summed E-state index contributed by atoms with van der Waals surface area (Å²) in [5.74, 6) is 0. The van der Waals surface area contributed by atoms with Crippen LogP contribution in [0.2, 0.25) is 4.34 Å². The average Bonchev–Trinajstić information content (AvgIpc) is 3.09. The van der Waals surface area contributed by atoms with E-state index in [0.717, 1.165) is 23.7 Å². The zero-order chi connectivity index (χ0) is 15.3. The first kappa shape index (κ1) is 17.0. The number of aliphatic hydroxyl groups excluding tert-OH is 1. The van der Waals surface area contributed by atoms with Crippen LogP contribution in [0, 0.1) is 5.41 Å². The van der Waals surface area contributed by atoms with Crippen LogP contribution in [0.5, 0.6) is 0 Å². The highest BCUT2D eigenvalue weighted by Crippen LogP contribution is 2.34. The van der Waals surface area contributed by atoms with Crippen LogP contribution in [0.1, 0.15) is 42.5 Å². The number of nitrogens with one attached hydrogen (secondary N) is 1. The maximum Gasteiger partial charge on any atom is 0.0931 e. The highest BCUT2D eigenvalue weighted by atomic mass is 35.5. The van der Waals surface area contributed by atoms with E-state index in [-0.39, 0.29) is 18.1 Å². The largest absolute Gasteiger partial charge is 0.396 e. The fourth-order valence-corrected chi connectivity index (χ4v) is 4.35. The monoisotopic (exact) mass is 343 g/mol. The second-order valence-corrected chi connectivity index (χ2v) is 8.69. The van der Waals surface area contributed by atoms with Gasteiger partial charge in [-0.15, -0.1) is 22.7 Å². The molecule has 0 aliphatic carbocycles. The fourth-order valence-electron chi connectivity index (χ4n) is 2.30. The van der Waals surface area contributed by atoms with Gasteiger partial charge in [-0.05, 0) is 41.8 Å². The van der Waals surface area contributed by atoms with E-state index in [1.165, 1.54) is 9.75 Å². The topological polar surface area (TPSA) is 32.3 Å². The van der Waals surface area contributed by atoms with Gasteiger partial charge in [0.1, 0.15) is 0 Å². The van der Waals surface area contributed by atoms with Crippen molar-refractivity contribution in [2.75, 3.05) is 13.2 Å². The summed E-state index contributed by atoms with van der Waals surface area (Å²) in [6.45, 7) is 5.65. The third kappa shape index (κ3) is 5.08. The van der Waals surface area contributed by atoms with Crippen LogP contribution in [0.3, 0.4) is 0 Å². The molecule has 1 unspecified atom stereocenters. The van der Waals surface area contributed by atoms with Gasteiger partial charge in [0.25, 0.3) is 0 Å². The Labute approximate surface area is 139 Å². The van der Waals surface area contributed by atoms with Gasteiger partial charge in [0, 0.05) is 22.9 Å². The highest BCUT2D eigenvalue weighted by Gasteiger charge is 2.22. The Morgan fingerprint density at radius 1 is 1.29 bits per heavy atom. The molecular formula is C16H22ClNOS2. The quantitative estimate of drug-likeness (QED) is 0.711. The molecule has 2 N–H and O–H groups in total. The number of rotatable bonds is 8. The van der Waals surface area contributed by atoms with E-state index in [1.807, 2.05) is 6.07 Å². The minimum Gasteiger partial charge on any atom is -0.396 e. The predicted octanol–water partition coefficient (Wildman–Crippen LogP) is 4.94. The minimum absolute atomic E-state index is 0.166. The fraction of sp³-hybridized carbons (Fsp3) is 0.500. The van der Waals surface area contributed by atoms with Crippen molar-refractivity contribution in [3.05, 3.63) is 43.7 Å². The Morgan fingerprint density at radius 3 is 2.67 bits per heavy atom. The van der Waals surface area contributed by atoms with Gasteiger partial charge < -0.3 is 10.4 Å². The molecule has 0 aromatic carbocycles. The standard InChI is InChI=1S/C16H22ClNOS2/c1-16(2,8-4-9-19)11-18-15(12-5-3-10-20-12)13-6-7-14(17)21-13/h3,5-7,10,15,18-19H,4,8-9,11H2,1-2H3. The van der Waals surface area contributed by atoms with Crippen molar-refractivity contribution >= 4 is 34.3 Å². The molecule has 0 spiro atoms. The number of aliphatic hydroxyl groups is 1. The molecule has 2 heterocycles. The molecule has 0 aliphatic heterocycles. The Kier molecular flexibility index (Phi) is 6.26. The van der Waals surface area contributed by atoms with Crippen molar-refractivity contribution in [2.45, 2.75) is 32.7 Å². The first-order valence-electron chi connectivity index (χ1n) is 7.15. The molecule has 0 fully saturated rings. The summed E-state index contributed by atoms with van der Waals surface area (Å²) in [5, 5.41) is 14.8. The van der Waals surface area contributed by atoms with E-state index in [1.54, 1.807) is 22.7 Å². The van der Waals surface area contributed by atoms with Crippen molar-refractivity contribution in [3.8, 4) is 0 Å². The Hall–Kier alpha value is -0.390. The molecular weight excluding hydrogens is 322 g/mol. The molecule has 0 saturated heterocycles. The number of hydrogen-bond donors (Lipinski definition) is 2. The number of halogens is 1. The third-order valence-corrected chi connectivity index (χ3v) is 5.74. The molecule has 0 saturated carbocycles. The van der Waals surface area contributed by atoms with E-state index in [0.29, 0.717) is 0 Å². The Bertz CT molecular complexity index is 536. The molecule has 2 nitrogen and oxygen atoms in total. The molecule has 0 amide bonds. The summed E-state index contributed by atoms with van der Waals surface area (Å²) in [7, 11) is 0. The summed E-state index contributed by atoms with van der Waals surface area (Å²) in [4.78, 5) is 2.56. The first-order valence-corrected chi connectivity index (χ1v) is 9.22. The number of hydrogen-bond acceptors (Lipinski definition) is 4. The van der Waals surface area contributed by atoms with Gasteiger partial charge in [0.05, 0.1) is 10.4 Å². The van der Waals surface area contributed by atoms with Crippen molar-refractivity contribution < 1.29 is 5.11 Å². The summed E-state index contributed by atoms with van der Waals surface area (Å²) in [6, 6.07) is 8.51. The van der Waals surface area contributed by atoms with Crippen LogP contribution in [-0.2, 0) is 0 Å². The van der Waals surface area contributed by atoms with Crippen LogP contribution in [0.15, 0.2) is 29.6 Å². The highest BCUT2D eigenvalue weighted by molar-refractivity contribution is 7.16. The smallest absolute Gasteiger partial charge is 0.0931 e. The molecule has 2 aromatic rings. The van der Waals surface area contributed by atoms with Gasteiger partial charge in [-0.25, -0.2) is 0 Å². The van der Waals surface area contributed by atoms with Crippen LogP contribution in [0.4, 0.5) is 0 Å². The van der Waals surface area contributed by atoms with Gasteiger partial charge in [0.15, 0.2) is 0 Å². The minimum atomic E-state index is 0.166. The van der Waals surface area contributed by atoms with Gasteiger partial charge >= 0.3 is 0 Å². The second kappa shape index (κ2) is 7.75. The zero-order valence-electron chi connectivity index (χ0n) is 12.4. The van der Waals surface area contributed by atoms with Crippen molar-refractivity contribution in [1.82, 2.24) is 5.32 Å². The molecule has 0 aliphatic rings. The maximum atomic E-state index is 9.01. The Morgan fingerprint density at radius 2 is 2.10 bits per heavy atom. The summed E-state index contributed by atoms with van der Waals surface area (Å²) < 4.78 is 0.827. The normalized spacial score (nSPS) is 13.5. The predicted molar refractivity (Wildman–Crippen MR) is 93.6 cm³/mol. The van der Waals surface area contributed by atoms with Crippen LogP contribution in [-0.4, -0.2) is 18.3 Å². The van der Waals surface area contributed by atoms with E-state index >= 15 is 0 Å². The second-order valence-electron chi connectivity index (χ2n) is 5.96. The van der Waals surface area contributed by atoms with E-state index in [4.69, 9.17) is 16.7 Å². The van der Waals surface area contributed by atoms with Crippen LogP contribution < -0.4 is 5.32 Å². The van der Waals surface area contributed by atoms with Crippen LogP contribution in [0.25, 0.3) is 0 Å². The van der Waals surface area contributed by atoms with Gasteiger partial charge in [-0.1, -0.05) is 31.5 Å². The van der Waals surface area contributed by atoms with Crippen LogP contribution >= 0.6 is 34.3 Å². The summed E-state index contributed by atoms with van der Waals surface area (Å²) in [6.07, 6.45) is 1.86. The third-order valence-electron chi connectivity index (χ3n) is 3.50. The van der Waals surface area contributed by atoms with Crippen molar-refractivity contribution in [2.24, 2.45) is 5.41 Å². The van der Waals surface area contributed by atoms with E-state index in [9.17, 15) is 0 Å². The van der Waals surface area contributed by atoms with Crippen molar-refractivity contribution in [3.63, 3.8) is 0 Å². The molecule has 0 radical (unpaired) electrons. The molecule has 0 bridgehead atoms. The van der Waals surface area contributed by atoms with Crippen molar-refractivity contribution in [1.29, 1.82) is 0 Å². The molecule has 21 heavy (non-hydrogen) atoms. The molecule has 2 aromatic heterocycles. The van der Waals surface area contributed by atoms with E-state index in [2.05, 4.69) is 42.7 Å². The lowest BCUT2D eigenvalue weighted by Gasteiger charge is -2.27. The lowest BCUT2D eigenvalue weighted by atomic mass is 9.87. The van der Waals surface area contributed by atoms with E-state index < -0.39 is 0 Å². The van der Waals surface area contributed by atoms with Gasteiger partial charge in [0.2, 0.25) is 0 Å². The summed E-state index contributed by atoms with van der Waals surface area (Å²) >= 11 is 9.49. The zero-order valence-corrected chi connectivity index (χ0v) is 14.8. The lowest BCUT2D eigenvalue weighted by molar-refractivity contribution is 0.234. The Balaban J connectivity index is 2.07. The van der Waals surface area contributed by atoms with Gasteiger partial charge in [-0.2, -0.15) is 0 Å². The molecule has 116 valence electrons.